The summed E-state index contributed by atoms with van der Waals surface area (Å²) in [6.45, 7) is 11.8. The molecule has 0 heterocycles. The molecule has 0 N–H and O–H groups in total. The maximum absolute atomic E-state index is 6.96. The molecule has 240 valence electrons. The van der Waals surface area contributed by atoms with Gasteiger partial charge in [-0.25, -0.2) is 0 Å². The number of rotatable bonds is 7. The molecule has 3 heteroatoms. The SMILES string of the molecule is Cc1cc2c(cc1N(c1cc(Cl)cc(-c3ccccc3)c1)c1cccc(N(c3ccccc3)c3ccccc3)c1)C(C)(C)CCC2(C)C. The predicted octanol–water partition coefficient (Wildman–Crippen LogP) is 13.6. The number of halogens is 1. The zero-order valence-corrected chi connectivity index (χ0v) is 29.3. The first-order valence-corrected chi connectivity index (χ1v) is 17.3. The van der Waals surface area contributed by atoms with Crippen LogP contribution in [0.5, 0.6) is 0 Å². The number of hydrogen-bond acceptors (Lipinski definition) is 2. The second-order valence-corrected chi connectivity index (χ2v) is 14.8. The van der Waals surface area contributed by atoms with Crippen LogP contribution in [0.15, 0.2) is 146 Å². The Morgan fingerprint density at radius 2 is 0.958 bits per heavy atom. The van der Waals surface area contributed by atoms with Gasteiger partial charge in [0.2, 0.25) is 0 Å². The highest BCUT2D eigenvalue weighted by atomic mass is 35.5. The number of anilines is 6. The van der Waals surface area contributed by atoms with Crippen molar-refractivity contribution in [3.05, 3.63) is 167 Å². The van der Waals surface area contributed by atoms with Crippen LogP contribution in [-0.2, 0) is 10.8 Å². The maximum atomic E-state index is 6.96. The molecule has 7 rings (SSSR count). The number of benzene rings is 6. The molecule has 6 aromatic carbocycles. The molecule has 0 atom stereocenters. The lowest BCUT2D eigenvalue weighted by Gasteiger charge is -2.43. The van der Waals surface area contributed by atoms with Crippen LogP contribution in [0.3, 0.4) is 0 Å². The van der Waals surface area contributed by atoms with Crippen LogP contribution in [0, 0.1) is 6.92 Å². The van der Waals surface area contributed by atoms with E-state index < -0.39 is 0 Å². The lowest BCUT2D eigenvalue weighted by molar-refractivity contribution is 0.332. The van der Waals surface area contributed by atoms with Crippen molar-refractivity contribution in [3.63, 3.8) is 0 Å². The number of aryl methyl sites for hydroxylation is 1. The lowest BCUT2D eigenvalue weighted by atomic mass is 9.63. The third kappa shape index (κ3) is 6.14. The molecule has 2 nitrogen and oxygen atoms in total. The van der Waals surface area contributed by atoms with E-state index in [0.717, 1.165) is 46.0 Å². The van der Waals surface area contributed by atoms with Gasteiger partial charge in [0.1, 0.15) is 0 Å². The molecule has 0 unspecified atom stereocenters. The van der Waals surface area contributed by atoms with Crippen molar-refractivity contribution in [2.75, 3.05) is 9.80 Å². The van der Waals surface area contributed by atoms with Crippen LogP contribution in [0.4, 0.5) is 34.1 Å². The van der Waals surface area contributed by atoms with Gasteiger partial charge >= 0.3 is 0 Å². The average Bonchev–Trinajstić information content (AvgIpc) is 3.09. The molecule has 0 spiro atoms. The highest BCUT2D eigenvalue weighted by Gasteiger charge is 2.38. The van der Waals surface area contributed by atoms with E-state index in [4.69, 9.17) is 11.6 Å². The van der Waals surface area contributed by atoms with Crippen molar-refractivity contribution < 1.29 is 0 Å². The van der Waals surface area contributed by atoms with Crippen LogP contribution in [0.2, 0.25) is 5.02 Å². The topological polar surface area (TPSA) is 6.48 Å². The molecule has 6 aromatic rings. The van der Waals surface area contributed by atoms with E-state index in [1.54, 1.807) is 0 Å². The first kappa shape index (κ1) is 31.8. The third-order valence-corrected chi connectivity index (χ3v) is 10.3. The summed E-state index contributed by atoms with van der Waals surface area (Å²) in [6, 6.07) is 51.9. The van der Waals surface area contributed by atoms with Gasteiger partial charge in [-0.2, -0.15) is 0 Å². The lowest BCUT2D eigenvalue weighted by Crippen LogP contribution is -2.34. The van der Waals surface area contributed by atoms with Gasteiger partial charge in [-0.1, -0.05) is 118 Å². The molecule has 0 bridgehead atoms. The average molecular weight is 647 g/mol. The number of para-hydroxylation sites is 2. The number of fused-ring (bicyclic) bond motifs is 1. The molecule has 0 amide bonds. The smallest absolute Gasteiger partial charge is 0.0493 e. The number of nitrogens with zero attached hydrogens (tertiary/aromatic N) is 2. The minimum Gasteiger partial charge on any atom is -0.310 e. The summed E-state index contributed by atoms with van der Waals surface area (Å²) in [5, 5.41) is 0.708. The first-order valence-electron chi connectivity index (χ1n) is 16.9. The monoisotopic (exact) mass is 646 g/mol. The van der Waals surface area contributed by atoms with Gasteiger partial charge < -0.3 is 9.80 Å². The Kier molecular flexibility index (Phi) is 8.39. The highest BCUT2D eigenvalue weighted by molar-refractivity contribution is 6.31. The van der Waals surface area contributed by atoms with Gasteiger partial charge in [-0.3, -0.25) is 0 Å². The standard InChI is InChI=1S/C45H43ClN2/c1-32-26-41-42(45(4,5)25-24-44(41,2)3)31-43(32)48(40-28-34(27-35(46)29-40)33-16-9-6-10-17-33)39-23-15-22-38(30-39)47(36-18-11-7-12-19-36)37-20-13-8-14-21-37/h6-23,26-31H,24-25H2,1-5H3. The third-order valence-electron chi connectivity index (χ3n) is 10.0. The minimum atomic E-state index is 0.0712. The van der Waals surface area contributed by atoms with Crippen LogP contribution in [0.1, 0.15) is 57.2 Å². The van der Waals surface area contributed by atoms with E-state index in [0.29, 0.717) is 5.02 Å². The normalized spacial score (nSPS) is 14.6. The van der Waals surface area contributed by atoms with E-state index in [1.807, 2.05) is 0 Å². The molecule has 0 saturated carbocycles. The molecule has 48 heavy (non-hydrogen) atoms. The Morgan fingerprint density at radius 3 is 1.54 bits per heavy atom. The largest absolute Gasteiger partial charge is 0.310 e. The highest BCUT2D eigenvalue weighted by Crippen LogP contribution is 2.50. The summed E-state index contributed by atoms with van der Waals surface area (Å²) in [4.78, 5) is 4.73. The fourth-order valence-corrected chi connectivity index (χ4v) is 7.48. The molecule has 0 aromatic heterocycles. The maximum Gasteiger partial charge on any atom is 0.0493 e. The molecule has 0 saturated heterocycles. The minimum absolute atomic E-state index is 0.0712. The second kappa shape index (κ2) is 12.7. The van der Waals surface area contributed by atoms with Crippen molar-refractivity contribution in [2.24, 2.45) is 0 Å². The fourth-order valence-electron chi connectivity index (χ4n) is 7.25. The van der Waals surface area contributed by atoms with Crippen LogP contribution < -0.4 is 9.80 Å². The Morgan fingerprint density at radius 1 is 0.458 bits per heavy atom. The Labute approximate surface area is 291 Å². The van der Waals surface area contributed by atoms with E-state index >= 15 is 0 Å². The zero-order valence-electron chi connectivity index (χ0n) is 28.5. The van der Waals surface area contributed by atoms with E-state index in [2.05, 4.69) is 190 Å². The quantitative estimate of drug-likeness (QED) is 0.170. The molecule has 1 aliphatic carbocycles. The Hall–Kier alpha value is -4.79. The summed E-state index contributed by atoms with van der Waals surface area (Å²) < 4.78 is 0. The summed E-state index contributed by atoms with van der Waals surface area (Å²) in [5.41, 5.74) is 13.1. The van der Waals surface area contributed by atoms with Gasteiger partial charge in [-0.05, 0) is 125 Å². The zero-order chi connectivity index (χ0) is 33.5. The van der Waals surface area contributed by atoms with E-state index in [-0.39, 0.29) is 10.8 Å². The van der Waals surface area contributed by atoms with Crippen LogP contribution >= 0.6 is 11.6 Å². The van der Waals surface area contributed by atoms with Crippen molar-refractivity contribution in [3.8, 4) is 11.1 Å². The summed E-state index contributed by atoms with van der Waals surface area (Å²) >= 11 is 6.96. The van der Waals surface area contributed by atoms with Gasteiger partial charge in [0.15, 0.2) is 0 Å². The van der Waals surface area contributed by atoms with Crippen LogP contribution in [-0.4, -0.2) is 0 Å². The summed E-state index contributed by atoms with van der Waals surface area (Å²) in [7, 11) is 0. The molecular formula is C45H43ClN2. The predicted molar refractivity (Wildman–Crippen MR) is 206 cm³/mol. The van der Waals surface area contributed by atoms with Crippen LogP contribution in [0.25, 0.3) is 11.1 Å². The second-order valence-electron chi connectivity index (χ2n) is 14.4. The summed E-state index contributed by atoms with van der Waals surface area (Å²) in [5.74, 6) is 0. The van der Waals surface area contributed by atoms with E-state index in [9.17, 15) is 0 Å². The van der Waals surface area contributed by atoms with Crippen molar-refractivity contribution >= 4 is 45.7 Å². The molecule has 0 aliphatic heterocycles. The molecular weight excluding hydrogens is 604 g/mol. The number of hydrogen-bond donors (Lipinski definition) is 0. The van der Waals surface area contributed by atoms with Gasteiger partial charge in [0.05, 0.1) is 0 Å². The van der Waals surface area contributed by atoms with Crippen molar-refractivity contribution in [2.45, 2.75) is 58.3 Å². The summed E-state index contributed by atoms with van der Waals surface area (Å²) in [6.07, 6.45) is 2.34. The van der Waals surface area contributed by atoms with Gasteiger partial charge in [0, 0.05) is 39.1 Å². The van der Waals surface area contributed by atoms with Crippen molar-refractivity contribution in [1.82, 2.24) is 0 Å². The molecule has 0 radical (unpaired) electrons. The van der Waals surface area contributed by atoms with Crippen molar-refractivity contribution in [1.29, 1.82) is 0 Å². The van der Waals surface area contributed by atoms with Gasteiger partial charge in [0.25, 0.3) is 0 Å². The van der Waals surface area contributed by atoms with E-state index in [1.165, 1.54) is 28.8 Å². The molecule has 0 fully saturated rings. The van der Waals surface area contributed by atoms with Gasteiger partial charge in [-0.15, -0.1) is 0 Å². The fraction of sp³-hybridized carbons (Fsp3) is 0.200. The Bertz CT molecular complexity index is 2010. The Balaban J connectivity index is 1.47. The first-order chi connectivity index (χ1) is 23.1. The molecule has 1 aliphatic rings.